The minimum Gasteiger partial charge on any atom is -0.379 e. The zero-order valence-electron chi connectivity index (χ0n) is 10.3. The van der Waals surface area contributed by atoms with E-state index in [1.807, 2.05) is 6.07 Å². The fourth-order valence-electron chi connectivity index (χ4n) is 1.24. The second-order valence-electron chi connectivity index (χ2n) is 3.86. The fraction of sp³-hybridized carbons (Fsp3) is 0.417. The molecule has 0 atom stereocenters. The predicted molar refractivity (Wildman–Crippen MR) is 69.3 cm³/mol. The third-order valence-corrected chi connectivity index (χ3v) is 3.07. The van der Waals surface area contributed by atoms with Crippen LogP contribution in [0, 0.1) is 0 Å². The highest BCUT2D eigenvalue weighted by atomic mass is 32.2. The van der Waals surface area contributed by atoms with Gasteiger partial charge in [0.05, 0.1) is 19.0 Å². The lowest BCUT2D eigenvalue weighted by molar-refractivity contribution is 0.0923. The monoisotopic (exact) mass is 271 g/mol. The van der Waals surface area contributed by atoms with Crippen LogP contribution >= 0.6 is 0 Å². The number of hydrogen-bond donors (Lipinski definition) is 1. The Morgan fingerprint density at radius 2 is 1.89 bits per heavy atom. The van der Waals surface area contributed by atoms with E-state index < -0.39 is 9.84 Å². The molecule has 0 aliphatic rings. The molecule has 0 aliphatic carbocycles. The van der Waals surface area contributed by atoms with E-state index in [1.165, 1.54) is 0 Å². The van der Waals surface area contributed by atoms with Crippen molar-refractivity contribution in [3.05, 3.63) is 35.9 Å². The summed E-state index contributed by atoms with van der Waals surface area (Å²) >= 11 is 0. The number of sulfone groups is 1. The molecule has 1 N–H and O–H groups in total. The number of ether oxygens (including phenoxy) is 1. The largest absolute Gasteiger partial charge is 0.379 e. The van der Waals surface area contributed by atoms with Gasteiger partial charge in [-0.25, -0.2) is 8.42 Å². The Balaban J connectivity index is 2.14. The van der Waals surface area contributed by atoms with Crippen LogP contribution in [-0.4, -0.2) is 46.1 Å². The van der Waals surface area contributed by atoms with Crippen molar-refractivity contribution < 1.29 is 17.9 Å². The lowest BCUT2D eigenvalue weighted by Gasteiger charge is -2.06. The molecule has 1 aromatic carbocycles. The van der Waals surface area contributed by atoms with Crippen LogP contribution in [0.4, 0.5) is 0 Å². The lowest BCUT2D eigenvalue weighted by Crippen LogP contribution is -2.27. The quantitative estimate of drug-likeness (QED) is 0.732. The first kappa shape index (κ1) is 14.7. The molecule has 0 unspecified atom stereocenters. The number of hydrogen-bond acceptors (Lipinski definition) is 4. The van der Waals surface area contributed by atoms with Gasteiger partial charge in [0.1, 0.15) is 9.84 Å². The van der Waals surface area contributed by atoms with Crippen molar-refractivity contribution in [1.82, 2.24) is 5.32 Å². The van der Waals surface area contributed by atoms with Gasteiger partial charge in [-0.05, 0) is 12.1 Å². The summed E-state index contributed by atoms with van der Waals surface area (Å²) in [7, 11) is -2.98. The van der Waals surface area contributed by atoms with Gasteiger partial charge < -0.3 is 10.1 Å². The fourth-order valence-corrected chi connectivity index (χ4v) is 1.66. The Labute approximate surface area is 107 Å². The first-order chi connectivity index (χ1) is 8.49. The van der Waals surface area contributed by atoms with Gasteiger partial charge in [0.15, 0.2) is 0 Å². The molecular formula is C12H17NO4S. The summed E-state index contributed by atoms with van der Waals surface area (Å²) < 4.78 is 26.7. The van der Waals surface area contributed by atoms with Gasteiger partial charge >= 0.3 is 0 Å². The highest BCUT2D eigenvalue weighted by Crippen LogP contribution is 1.97. The van der Waals surface area contributed by atoms with Crippen molar-refractivity contribution in [2.24, 2.45) is 0 Å². The normalized spacial score (nSPS) is 11.2. The third-order valence-electron chi connectivity index (χ3n) is 2.17. The van der Waals surface area contributed by atoms with E-state index in [2.05, 4.69) is 5.32 Å². The first-order valence-electron chi connectivity index (χ1n) is 5.58. The minimum absolute atomic E-state index is 0.000365. The van der Waals surface area contributed by atoms with Crippen LogP contribution in [0.15, 0.2) is 30.3 Å². The van der Waals surface area contributed by atoms with Crippen LogP contribution in [-0.2, 0) is 14.6 Å². The highest BCUT2D eigenvalue weighted by molar-refractivity contribution is 7.90. The Hall–Kier alpha value is -1.40. The molecule has 0 saturated carbocycles. The van der Waals surface area contributed by atoms with Gasteiger partial charge in [-0.3, -0.25) is 4.79 Å². The van der Waals surface area contributed by atoms with Gasteiger partial charge in [0.25, 0.3) is 5.91 Å². The molecule has 5 nitrogen and oxygen atoms in total. The van der Waals surface area contributed by atoms with E-state index in [-0.39, 0.29) is 18.3 Å². The van der Waals surface area contributed by atoms with E-state index >= 15 is 0 Å². The van der Waals surface area contributed by atoms with Crippen molar-refractivity contribution in [3.63, 3.8) is 0 Å². The molecule has 1 rings (SSSR count). The average molecular weight is 271 g/mol. The molecule has 0 spiro atoms. The van der Waals surface area contributed by atoms with Crippen LogP contribution in [0.2, 0.25) is 0 Å². The molecule has 0 aromatic heterocycles. The second kappa shape index (κ2) is 7.13. The van der Waals surface area contributed by atoms with Crippen LogP contribution in [0.25, 0.3) is 0 Å². The predicted octanol–water partition coefficient (Wildman–Crippen LogP) is 0.478. The van der Waals surface area contributed by atoms with Crippen molar-refractivity contribution in [2.75, 3.05) is 31.8 Å². The summed E-state index contributed by atoms with van der Waals surface area (Å²) in [5.41, 5.74) is 0.591. The highest BCUT2D eigenvalue weighted by Gasteiger charge is 2.04. The Morgan fingerprint density at radius 3 is 2.50 bits per heavy atom. The molecule has 1 aromatic rings. The van der Waals surface area contributed by atoms with E-state index in [1.54, 1.807) is 24.3 Å². The van der Waals surface area contributed by atoms with Crippen molar-refractivity contribution in [2.45, 2.75) is 0 Å². The number of carbonyl (C=O) groups is 1. The van der Waals surface area contributed by atoms with Gasteiger partial charge in [0, 0.05) is 18.4 Å². The first-order valence-corrected chi connectivity index (χ1v) is 7.64. The summed E-state index contributed by atoms with van der Waals surface area (Å²) in [6.07, 6.45) is 1.16. The van der Waals surface area contributed by atoms with Gasteiger partial charge in [-0.1, -0.05) is 18.2 Å². The molecule has 100 valence electrons. The van der Waals surface area contributed by atoms with Crippen LogP contribution < -0.4 is 5.32 Å². The number of rotatable bonds is 7. The minimum atomic E-state index is -2.98. The smallest absolute Gasteiger partial charge is 0.251 e. The lowest BCUT2D eigenvalue weighted by atomic mass is 10.2. The maximum Gasteiger partial charge on any atom is 0.251 e. The zero-order chi connectivity index (χ0) is 13.4. The van der Waals surface area contributed by atoms with E-state index in [0.29, 0.717) is 18.7 Å². The summed E-state index contributed by atoms with van der Waals surface area (Å²) in [6.45, 7) is 0.811. The summed E-state index contributed by atoms with van der Waals surface area (Å²) in [5, 5.41) is 2.68. The standard InChI is InChI=1S/C12H17NO4S/c1-18(15,16)10-9-17-8-7-13-12(14)11-5-3-2-4-6-11/h2-6H,7-10H2,1H3,(H,13,14). The Bertz CT molecular complexity index is 470. The molecule has 6 heteroatoms. The molecule has 0 heterocycles. The van der Waals surface area contributed by atoms with Crippen molar-refractivity contribution in [1.29, 1.82) is 0 Å². The summed E-state index contributed by atoms with van der Waals surface area (Å²) in [5.74, 6) is -0.165. The summed E-state index contributed by atoms with van der Waals surface area (Å²) in [6, 6.07) is 8.86. The molecule has 0 aliphatic heterocycles. The molecular weight excluding hydrogens is 254 g/mol. The topological polar surface area (TPSA) is 72.5 Å². The van der Waals surface area contributed by atoms with E-state index in [4.69, 9.17) is 4.74 Å². The number of amides is 1. The van der Waals surface area contributed by atoms with E-state index in [9.17, 15) is 13.2 Å². The van der Waals surface area contributed by atoms with Crippen LogP contribution in [0.1, 0.15) is 10.4 Å². The maximum atomic E-state index is 11.6. The van der Waals surface area contributed by atoms with Gasteiger partial charge in [-0.15, -0.1) is 0 Å². The zero-order valence-corrected chi connectivity index (χ0v) is 11.1. The number of carbonyl (C=O) groups excluding carboxylic acids is 1. The maximum absolute atomic E-state index is 11.6. The van der Waals surface area contributed by atoms with Gasteiger partial charge in [0.2, 0.25) is 0 Å². The number of nitrogens with one attached hydrogen (secondary N) is 1. The molecule has 0 fully saturated rings. The molecule has 1 amide bonds. The molecule has 0 saturated heterocycles. The van der Waals surface area contributed by atoms with Crippen LogP contribution in [0.5, 0.6) is 0 Å². The molecule has 0 bridgehead atoms. The summed E-state index contributed by atoms with van der Waals surface area (Å²) in [4.78, 5) is 11.6. The molecule has 18 heavy (non-hydrogen) atoms. The Kier molecular flexibility index (Phi) is 5.80. The molecule has 0 radical (unpaired) electrons. The SMILES string of the molecule is CS(=O)(=O)CCOCCNC(=O)c1ccccc1. The number of benzene rings is 1. The average Bonchev–Trinajstić information content (AvgIpc) is 2.33. The Morgan fingerprint density at radius 1 is 1.22 bits per heavy atom. The van der Waals surface area contributed by atoms with Crippen molar-refractivity contribution >= 4 is 15.7 Å². The van der Waals surface area contributed by atoms with Crippen LogP contribution in [0.3, 0.4) is 0 Å². The third kappa shape index (κ3) is 6.36. The van der Waals surface area contributed by atoms with E-state index in [0.717, 1.165) is 6.26 Å². The van der Waals surface area contributed by atoms with Gasteiger partial charge in [-0.2, -0.15) is 0 Å². The van der Waals surface area contributed by atoms with Crippen molar-refractivity contribution in [3.8, 4) is 0 Å². The second-order valence-corrected chi connectivity index (χ2v) is 6.12.